The molecule has 1 aromatic carbocycles. The average Bonchev–Trinajstić information content (AvgIpc) is 3.80. The molecule has 2 aliphatic heterocycles. The predicted molar refractivity (Wildman–Crippen MR) is 170 cm³/mol. The number of fused-ring (bicyclic) bond motifs is 8. The minimum absolute atomic E-state index is 0.0902. The molecule has 3 aromatic heterocycles. The highest BCUT2D eigenvalue weighted by Crippen LogP contribution is 2.38. The van der Waals surface area contributed by atoms with Crippen LogP contribution in [0.4, 0.5) is 0 Å². The quantitative estimate of drug-likeness (QED) is 0.172. The number of nitrogens with one attached hydrogen (secondary N) is 2. The number of rotatable bonds is 5. The molecule has 12 nitrogen and oxygen atoms in total. The highest BCUT2D eigenvalue weighted by Gasteiger charge is 2.20. The Kier molecular flexibility index (Phi) is 7.76. The summed E-state index contributed by atoms with van der Waals surface area (Å²) in [4.78, 5) is 64.2. The van der Waals surface area contributed by atoms with E-state index in [-0.39, 0.29) is 28.6 Å². The van der Waals surface area contributed by atoms with Gasteiger partial charge >= 0.3 is 23.9 Å². The fourth-order valence-electron chi connectivity index (χ4n) is 5.03. The fraction of sp³-hybridized carbons (Fsp3) is 0.118. The second-order valence-electron chi connectivity index (χ2n) is 10.3. The molecule has 6 rings (SSSR count). The van der Waals surface area contributed by atoms with Gasteiger partial charge in [0.25, 0.3) is 0 Å². The largest absolute Gasteiger partial charge is 0.427 e. The summed E-state index contributed by atoms with van der Waals surface area (Å²) in [5.74, 6) is -1.53. The first-order valence-corrected chi connectivity index (χ1v) is 14.1. The molecule has 0 saturated heterocycles. The molecule has 2 N–H and O–H groups in total. The lowest BCUT2D eigenvalue weighted by Crippen LogP contribution is -2.04. The van der Waals surface area contributed by atoms with Crippen LogP contribution in [0.2, 0.25) is 0 Å². The summed E-state index contributed by atoms with van der Waals surface area (Å²) >= 11 is 0. The third kappa shape index (κ3) is 6.17. The summed E-state index contributed by atoms with van der Waals surface area (Å²) in [6, 6.07) is 13.8. The van der Waals surface area contributed by atoms with Gasteiger partial charge in [0.05, 0.1) is 22.2 Å². The number of esters is 4. The Labute approximate surface area is 261 Å². The van der Waals surface area contributed by atoms with Crippen LogP contribution in [0.15, 0.2) is 48.5 Å². The van der Waals surface area contributed by atoms with Crippen LogP contribution in [-0.2, 0) is 19.2 Å². The van der Waals surface area contributed by atoms with Crippen LogP contribution in [0.5, 0.6) is 23.0 Å². The van der Waals surface area contributed by atoms with Crippen molar-refractivity contribution in [1.82, 2.24) is 19.9 Å². The summed E-state index contributed by atoms with van der Waals surface area (Å²) in [6.07, 6.45) is 6.70. The maximum absolute atomic E-state index is 12.4. The normalized spacial score (nSPS) is 11.7. The first-order chi connectivity index (χ1) is 22.0. The second-order valence-corrected chi connectivity index (χ2v) is 10.3. The van der Waals surface area contributed by atoms with E-state index >= 15 is 0 Å². The monoisotopic (exact) mass is 618 g/mol. The van der Waals surface area contributed by atoms with Crippen molar-refractivity contribution in [3.8, 4) is 34.1 Å². The summed E-state index contributed by atoms with van der Waals surface area (Å²) in [7, 11) is 0. The summed E-state index contributed by atoms with van der Waals surface area (Å²) in [6.45, 7) is 5.13. The topological polar surface area (TPSA) is 163 Å². The van der Waals surface area contributed by atoms with Gasteiger partial charge in [0, 0.05) is 38.8 Å². The number of aromatic nitrogens is 4. The molecular weight excluding hydrogens is 592 g/mol. The van der Waals surface area contributed by atoms with Crippen LogP contribution in [0.1, 0.15) is 50.5 Å². The summed E-state index contributed by atoms with van der Waals surface area (Å²) in [5, 5.41) is 0. The molecule has 12 heteroatoms. The van der Waals surface area contributed by atoms with Crippen LogP contribution in [0.25, 0.3) is 57.5 Å². The lowest BCUT2D eigenvalue weighted by atomic mass is 10.1. The van der Waals surface area contributed by atoms with Crippen LogP contribution in [0.3, 0.4) is 0 Å². The summed E-state index contributed by atoms with van der Waals surface area (Å²) in [5.41, 5.74) is 4.42. The lowest BCUT2D eigenvalue weighted by molar-refractivity contribution is -0.132. The minimum Gasteiger partial charge on any atom is -0.427 e. The molecule has 0 fully saturated rings. The predicted octanol–water partition coefficient (Wildman–Crippen LogP) is 6.02. The van der Waals surface area contributed by atoms with Gasteiger partial charge in [-0.2, -0.15) is 0 Å². The Morgan fingerprint density at radius 2 is 1.15 bits per heavy atom. The molecule has 2 aliphatic rings. The Balaban J connectivity index is 1.76. The van der Waals surface area contributed by atoms with Crippen molar-refractivity contribution in [2.75, 3.05) is 0 Å². The number of aromatic amines is 2. The van der Waals surface area contributed by atoms with Gasteiger partial charge < -0.3 is 28.9 Å². The molecule has 5 heterocycles. The molecule has 0 saturated carbocycles. The first kappa shape index (κ1) is 29.8. The van der Waals surface area contributed by atoms with E-state index in [0.29, 0.717) is 50.3 Å². The van der Waals surface area contributed by atoms with E-state index in [2.05, 4.69) is 15.0 Å². The minimum atomic E-state index is -0.597. The van der Waals surface area contributed by atoms with E-state index in [1.165, 1.54) is 27.7 Å². The van der Waals surface area contributed by atoms with Gasteiger partial charge in [0.1, 0.15) is 22.8 Å². The van der Waals surface area contributed by atoms with Gasteiger partial charge in [-0.3, -0.25) is 19.2 Å². The molecule has 230 valence electrons. The van der Waals surface area contributed by atoms with Crippen molar-refractivity contribution in [3.05, 3.63) is 71.3 Å². The molecule has 0 atom stereocenters. The molecule has 4 aromatic rings. The van der Waals surface area contributed by atoms with Crippen LogP contribution >= 0.6 is 0 Å². The van der Waals surface area contributed by atoms with Gasteiger partial charge in [-0.05, 0) is 66.3 Å². The van der Waals surface area contributed by atoms with Crippen molar-refractivity contribution >= 4 is 70.2 Å². The molecular formula is C34H26N4O8. The van der Waals surface area contributed by atoms with Gasteiger partial charge in [-0.1, -0.05) is 12.1 Å². The standard InChI is InChI=1S/C34H26N4O8/c1-17(39)43-24-7-5-6-21(14-24)25-16-23-15-22-8-9-26(35-22)32(44-18(2)40)27-10-11-28(37-27)33(45-19(3)41)29-12-13-30(38-29)34(31(25)36-23)46-20(4)42/h5-16,36-37H,1-4H3. The third-order valence-electron chi connectivity index (χ3n) is 6.69. The van der Waals surface area contributed by atoms with Gasteiger partial charge in [-0.15, -0.1) is 0 Å². The number of benzene rings is 1. The molecule has 8 bridgehead atoms. The maximum atomic E-state index is 12.4. The van der Waals surface area contributed by atoms with Crippen LogP contribution in [0, 0.1) is 0 Å². The Morgan fingerprint density at radius 1 is 0.587 bits per heavy atom. The SMILES string of the molecule is CC(=O)Oc1cccc(-c2cc3cc4nc(c(OC(C)=O)c5ccc([nH]5)c(OC(C)=O)c5nc(c(OC(C)=O)c2[nH]3)C=C5)C=C4)c1. The second kappa shape index (κ2) is 12.0. The van der Waals surface area contributed by atoms with Gasteiger partial charge in [0.2, 0.25) is 0 Å². The number of hydrogen-bond acceptors (Lipinski definition) is 10. The number of nitrogens with zero attached hydrogens (tertiary/aromatic N) is 2. The number of hydrogen-bond donors (Lipinski definition) is 2. The maximum Gasteiger partial charge on any atom is 0.308 e. The highest BCUT2D eigenvalue weighted by molar-refractivity contribution is 5.95. The average molecular weight is 619 g/mol. The molecule has 0 radical (unpaired) electrons. The number of carbonyl (C=O) groups excluding carboxylic acids is 4. The third-order valence-corrected chi connectivity index (χ3v) is 6.69. The van der Waals surface area contributed by atoms with E-state index in [1.807, 2.05) is 12.1 Å². The van der Waals surface area contributed by atoms with Gasteiger partial charge in [-0.25, -0.2) is 9.97 Å². The van der Waals surface area contributed by atoms with Crippen LogP contribution in [-0.4, -0.2) is 43.8 Å². The molecule has 46 heavy (non-hydrogen) atoms. The smallest absolute Gasteiger partial charge is 0.308 e. The van der Waals surface area contributed by atoms with Crippen molar-refractivity contribution < 1.29 is 38.1 Å². The van der Waals surface area contributed by atoms with Crippen molar-refractivity contribution in [2.24, 2.45) is 0 Å². The zero-order chi connectivity index (χ0) is 32.5. The van der Waals surface area contributed by atoms with Crippen molar-refractivity contribution in [2.45, 2.75) is 27.7 Å². The fourth-order valence-corrected chi connectivity index (χ4v) is 5.03. The van der Waals surface area contributed by atoms with Gasteiger partial charge in [0.15, 0.2) is 17.2 Å². The zero-order valence-electron chi connectivity index (χ0n) is 25.1. The van der Waals surface area contributed by atoms with Crippen molar-refractivity contribution in [3.63, 3.8) is 0 Å². The number of ether oxygens (including phenoxy) is 4. The van der Waals surface area contributed by atoms with Crippen LogP contribution < -0.4 is 18.9 Å². The van der Waals surface area contributed by atoms with E-state index in [4.69, 9.17) is 23.9 Å². The number of H-pyrrole nitrogens is 2. The van der Waals surface area contributed by atoms with E-state index in [0.717, 1.165) is 0 Å². The first-order valence-electron chi connectivity index (χ1n) is 14.1. The molecule has 0 spiro atoms. The zero-order valence-corrected chi connectivity index (χ0v) is 25.1. The van der Waals surface area contributed by atoms with E-state index in [9.17, 15) is 19.2 Å². The molecule has 0 aliphatic carbocycles. The molecule has 0 unspecified atom stereocenters. The Bertz CT molecular complexity index is 2190. The highest BCUT2D eigenvalue weighted by atomic mass is 16.5. The van der Waals surface area contributed by atoms with E-state index in [1.54, 1.807) is 60.7 Å². The molecule has 0 amide bonds. The number of carbonyl (C=O) groups is 4. The van der Waals surface area contributed by atoms with Crippen molar-refractivity contribution in [1.29, 1.82) is 0 Å². The van der Waals surface area contributed by atoms with E-state index < -0.39 is 23.9 Å². The Hall–Kier alpha value is -6.30. The lowest BCUT2D eigenvalue weighted by Gasteiger charge is -2.07. The summed E-state index contributed by atoms with van der Waals surface area (Å²) < 4.78 is 22.3. The Morgan fingerprint density at radius 3 is 1.78 bits per heavy atom.